The summed E-state index contributed by atoms with van der Waals surface area (Å²) in [4.78, 5) is 50.4. The minimum atomic E-state index is -1.11. The number of aromatic carboxylic acids is 1. The molecule has 42 heteroatoms. The van der Waals surface area contributed by atoms with E-state index in [0.717, 1.165) is 36.1 Å². The minimum Gasteiger partial charge on any atom is -0.476 e. The molecule has 8 N–H and O–H groups in total. The van der Waals surface area contributed by atoms with Gasteiger partial charge < -0.3 is 40.8 Å². The minimum absolute atomic E-state index is 0. The van der Waals surface area contributed by atoms with Crippen LogP contribution in [0.25, 0.3) is 22.9 Å². The molecule has 10 heterocycles. The zero-order valence-electron chi connectivity index (χ0n) is 58.6. The van der Waals surface area contributed by atoms with Gasteiger partial charge >= 0.3 is 17.3 Å². The SMILES string of the molecule is C1CCOC1.Cl.Cl.Nc1cnn(Cc2c(Cl)cccc2Cl)c1.Nc1cnn(Cc2c(Cl)cccc2Cl)c1.O=C(Nc1cnn(Cc2c(Cl)cccc2Cl)c1)c1cc(-c2ccccn2)on1.O=C(O)c1cc(-c2ccccn2)on1.O=[N+]([O-])c1cn[nH]c1.O=[N+]([O-])c1cnn(Cc2c(Cl)cccc2Cl)c1.OCc1c(Cl)cccc1Cl. The number of ether oxygens (including phenoxy) is 1. The highest BCUT2D eigenvalue weighted by Gasteiger charge is 2.18. The zero-order chi connectivity index (χ0) is 80.6. The van der Waals surface area contributed by atoms with Gasteiger partial charge in [-0.2, -0.15) is 25.5 Å². The molecule has 0 radical (unpaired) electrons. The predicted molar refractivity (Wildman–Crippen MR) is 443 cm³/mol. The fourth-order valence-corrected chi connectivity index (χ4v) is 11.7. The second-order valence-corrected chi connectivity index (χ2v) is 26.6. The van der Waals surface area contributed by atoms with Gasteiger partial charge in [0, 0.05) is 134 Å². The number of aromatic nitrogens is 14. The lowest BCUT2D eigenvalue weighted by atomic mass is 10.2. The number of nitrogens with one attached hydrogen (secondary N) is 2. The van der Waals surface area contributed by atoms with E-state index < -0.39 is 21.7 Å². The van der Waals surface area contributed by atoms with E-state index in [2.05, 4.69) is 56.2 Å². The van der Waals surface area contributed by atoms with Crippen LogP contribution in [0.2, 0.25) is 50.2 Å². The summed E-state index contributed by atoms with van der Waals surface area (Å²) in [5.74, 6) is -0.769. The van der Waals surface area contributed by atoms with Crippen molar-refractivity contribution in [2.24, 2.45) is 0 Å². The summed E-state index contributed by atoms with van der Waals surface area (Å²) in [6.07, 6.45) is 20.5. The number of hydrogen-bond donors (Lipinski definition) is 6. The molecule has 15 rings (SSSR count). The number of rotatable bonds is 16. The Bertz CT molecular complexity index is 5160. The molecule has 0 spiro atoms. The fourth-order valence-electron chi connectivity index (χ4n) is 9.11. The number of nitrogens with two attached hydrogens (primary N) is 2. The Labute approximate surface area is 710 Å². The first-order valence-electron chi connectivity index (χ1n) is 32.4. The van der Waals surface area contributed by atoms with Crippen molar-refractivity contribution in [2.75, 3.05) is 30.0 Å². The summed E-state index contributed by atoms with van der Waals surface area (Å²) >= 11 is 59.8. The van der Waals surface area contributed by atoms with Crippen molar-refractivity contribution in [1.82, 2.24) is 69.6 Å². The van der Waals surface area contributed by atoms with E-state index in [1.807, 2.05) is 18.2 Å². The number of H-pyrrole nitrogens is 1. The van der Waals surface area contributed by atoms with Crippen LogP contribution in [0.5, 0.6) is 0 Å². The Morgan fingerprint density at radius 3 is 1.15 bits per heavy atom. The van der Waals surface area contributed by atoms with Gasteiger partial charge in [-0.1, -0.05) is 169 Å². The number of hydrogen-bond acceptors (Lipinski definition) is 21. The summed E-state index contributed by atoms with van der Waals surface area (Å²) < 4.78 is 21.4. The maximum atomic E-state index is 12.4. The number of aliphatic hydroxyl groups excluding tert-OH is 1. The smallest absolute Gasteiger partial charge is 0.358 e. The average molecular weight is 1800 g/mol. The van der Waals surface area contributed by atoms with Gasteiger partial charge in [0.25, 0.3) is 5.91 Å². The summed E-state index contributed by atoms with van der Waals surface area (Å²) in [7, 11) is 0. The van der Waals surface area contributed by atoms with E-state index in [0.29, 0.717) is 128 Å². The van der Waals surface area contributed by atoms with Crippen molar-refractivity contribution in [2.45, 2.75) is 45.6 Å². The van der Waals surface area contributed by atoms with Gasteiger partial charge in [-0.15, -0.1) is 24.8 Å². The molecular weight excluding hydrogens is 1730 g/mol. The van der Waals surface area contributed by atoms with Crippen LogP contribution in [0.3, 0.4) is 0 Å². The lowest BCUT2D eigenvalue weighted by molar-refractivity contribution is -0.385. The van der Waals surface area contributed by atoms with E-state index in [9.17, 15) is 29.8 Å². The summed E-state index contributed by atoms with van der Waals surface area (Å²) in [5.41, 5.74) is 17.7. The highest BCUT2D eigenvalue weighted by molar-refractivity contribution is 6.38. The quantitative estimate of drug-likeness (QED) is 0.0386. The number of halogens is 12. The topological polar surface area (TPSA) is 412 Å². The number of carboxylic acid groups (broad SMARTS) is 1. The molecule has 1 saturated heterocycles. The summed E-state index contributed by atoms with van der Waals surface area (Å²) in [6.45, 7) is 3.61. The normalized spacial score (nSPS) is 10.8. The summed E-state index contributed by atoms with van der Waals surface area (Å²) in [6, 6.07) is 39.9. The number of aliphatic hydroxyl groups is 1. The average Bonchev–Trinajstić information content (AvgIpc) is 1.67. The van der Waals surface area contributed by atoms with Gasteiger partial charge in [0.15, 0.2) is 22.9 Å². The van der Waals surface area contributed by atoms with Crippen LogP contribution in [-0.4, -0.2) is 115 Å². The monoisotopic (exact) mass is 1790 g/mol. The third kappa shape index (κ3) is 29.2. The second-order valence-electron chi connectivity index (χ2n) is 22.6. The van der Waals surface area contributed by atoms with Crippen molar-refractivity contribution in [1.29, 1.82) is 0 Å². The molecule has 0 atom stereocenters. The molecule has 596 valence electrons. The molecule has 9 aromatic heterocycles. The third-order valence-corrected chi connectivity index (χ3v) is 18.1. The lowest BCUT2D eigenvalue weighted by Gasteiger charge is -2.06. The van der Waals surface area contributed by atoms with Crippen LogP contribution >= 0.6 is 141 Å². The molecule has 0 bridgehead atoms. The Balaban J connectivity index is 0.000000210. The molecule has 1 aliphatic rings. The maximum absolute atomic E-state index is 12.4. The Morgan fingerprint density at radius 2 is 0.851 bits per heavy atom. The molecule has 0 unspecified atom stereocenters. The Morgan fingerprint density at radius 1 is 0.482 bits per heavy atom. The molecule has 1 aliphatic heterocycles. The number of nitrogens with zero attached hydrogens (tertiary/aromatic N) is 15. The first-order chi connectivity index (χ1) is 53.8. The number of benzene rings is 5. The first-order valence-corrected chi connectivity index (χ1v) is 36.1. The second kappa shape index (κ2) is 47.3. The predicted octanol–water partition coefficient (Wildman–Crippen LogP) is 19.2. The Kier molecular flexibility index (Phi) is 38.4. The zero-order valence-corrected chi connectivity index (χ0v) is 67.8. The lowest BCUT2D eigenvalue weighted by Crippen LogP contribution is -2.11. The van der Waals surface area contributed by atoms with Gasteiger partial charge in [-0.3, -0.25) is 58.8 Å². The number of carboxylic acids is 1. The van der Waals surface area contributed by atoms with Crippen LogP contribution in [0.1, 0.15) is 61.6 Å². The molecule has 5 aromatic carbocycles. The maximum Gasteiger partial charge on any atom is 0.358 e. The van der Waals surface area contributed by atoms with Crippen LogP contribution in [-0.2, 0) is 37.5 Å². The largest absolute Gasteiger partial charge is 0.476 e. The molecule has 1 fully saturated rings. The van der Waals surface area contributed by atoms with Gasteiger partial charge in [0.1, 0.15) is 30.0 Å². The van der Waals surface area contributed by atoms with Crippen LogP contribution in [0.15, 0.2) is 223 Å². The van der Waals surface area contributed by atoms with Gasteiger partial charge in [-0.25, -0.2) is 4.79 Å². The molecule has 14 aromatic rings. The molecule has 1 amide bonds. The first kappa shape index (κ1) is 92.5. The molecule has 0 saturated carbocycles. The summed E-state index contributed by atoms with van der Waals surface area (Å²) in [5, 5.41) is 75.2. The molecule has 30 nitrogen and oxygen atoms in total. The Hall–Kier alpha value is -10.4. The highest BCUT2D eigenvalue weighted by atomic mass is 35.5. The van der Waals surface area contributed by atoms with Crippen molar-refractivity contribution in [3.05, 3.63) is 324 Å². The number of nitrogen functional groups attached to an aromatic ring is 2. The number of carbonyl (C=O) groups is 2. The molecular formula is C72H63Cl12N19O11. The van der Waals surface area contributed by atoms with Crippen molar-refractivity contribution in [3.8, 4) is 22.9 Å². The van der Waals surface area contributed by atoms with E-state index in [1.165, 1.54) is 54.4 Å². The number of amides is 1. The number of nitro groups is 2. The standard InChI is InChI=1S/C19H13Cl2N5O2.C10H7Cl2N3O2.2C10H9Cl2N3.C9H6N2O3.C7H6Cl2O.C4H8O.C3H3N3O2.2ClH/c20-14-4-3-5-15(21)13(14)11-26-10-12(9-23-26)24-19(27)17-8-18(28-25-17)16-6-1-2-7-22-16;11-9-2-1-3-10(12)8(9)6-14-5-7(4-13-14)15(16)17;2*11-9-2-1-3-10(12)8(9)6-15-5-7(13)4-14-15;12-9(13)7-5-8(14-11-7)6-3-1-2-4-10-6;8-6-2-1-3-7(9)5(6)4-10;1-2-4-5-3-1;7-6(8)3-1-4-5-2-3;;/h1-10H,11H2,(H,24,27);1-5H,6H2;2*1-5H,6,13H2;1-5H,(H,12,13);1-3,10H,4H2;1-4H2;1-2H,(H,4,5);2*1H. The highest BCUT2D eigenvalue weighted by Crippen LogP contribution is 2.30. The molecule has 0 aliphatic carbocycles. The third-order valence-electron chi connectivity index (χ3n) is 14.6. The van der Waals surface area contributed by atoms with Gasteiger partial charge in [0.2, 0.25) is 0 Å². The van der Waals surface area contributed by atoms with E-state index >= 15 is 0 Å². The van der Waals surface area contributed by atoms with E-state index in [1.54, 1.807) is 167 Å². The number of anilines is 3. The number of pyridine rings is 2. The van der Waals surface area contributed by atoms with Crippen LogP contribution < -0.4 is 16.8 Å². The van der Waals surface area contributed by atoms with Crippen molar-refractivity contribution in [3.63, 3.8) is 0 Å². The van der Waals surface area contributed by atoms with Crippen molar-refractivity contribution >= 4 is 181 Å². The van der Waals surface area contributed by atoms with E-state index in [4.69, 9.17) is 151 Å². The van der Waals surface area contributed by atoms with E-state index in [-0.39, 0.29) is 54.2 Å². The van der Waals surface area contributed by atoms with Gasteiger partial charge in [0.05, 0.1) is 84.5 Å². The number of aromatic amines is 1. The van der Waals surface area contributed by atoms with Gasteiger partial charge in [-0.05, 0) is 97.8 Å². The molecule has 114 heavy (non-hydrogen) atoms. The number of carbonyl (C=O) groups excluding carboxylic acids is 1. The van der Waals surface area contributed by atoms with Crippen LogP contribution in [0.4, 0.5) is 28.4 Å². The van der Waals surface area contributed by atoms with Crippen LogP contribution in [0, 0.1) is 20.2 Å². The fraction of sp³-hybridized carbons (Fsp3) is 0.125. The van der Waals surface area contributed by atoms with Crippen molar-refractivity contribution < 1.29 is 43.4 Å².